The van der Waals surface area contributed by atoms with Gasteiger partial charge >= 0.3 is 5.97 Å². The topological polar surface area (TPSA) is 99.0 Å². The maximum Gasteiger partial charge on any atom is 0.338 e. The molecule has 0 atom stereocenters. The molecule has 132 valence electrons. The van der Waals surface area contributed by atoms with Crippen molar-refractivity contribution in [2.24, 2.45) is 0 Å². The second kappa shape index (κ2) is 7.75. The number of amides is 1. The number of nitrogens with one attached hydrogen (secondary N) is 1. The Kier molecular flexibility index (Phi) is 5.23. The smallest absolute Gasteiger partial charge is 0.338 e. The van der Waals surface area contributed by atoms with E-state index in [1.165, 1.54) is 11.0 Å². The van der Waals surface area contributed by atoms with Crippen LogP contribution in [0.25, 0.3) is 5.69 Å². The number of esters is 1. The third kappa shape index (κ3) is 4.22. The number of aryl methyl sites for hydroxylation is 1. The summed E-state index contributed by atoms with van der Waals surface area (Å²) in [7, 11) is 0. The number of tetrazole rings is 1. The largest absolute Gasteiger partial charge is 0.452 e. The quantitative estimate of drug-likeness (QED) is 0.691. The molecular weight excluding hydrogens is 358 g/mol. The second-order valence-electron chi connectivity index (χ2n) is 5.39. The summed E-state index contributed by atoms with van der Waals surface area (Å²) in [5.41, 5.74) is 2.31. The van der Waals surface area contributed by atoms with Gasteiger partial charge in [0.05, 0.1) is 11.3 Å². The number of benzene rings is 2. The Morgan fingerprint density at radius 3 is 2.81 bits per heavy atom. The summed E-state index contributed by atoms with van der Waals surface area (Å²) in [5.74, 6) is -1.09. The Morgan fingerprint density at radius 2 is 2.08 bits per heavy atom. The lowest BCUT2D eigenvalue weighted by Gasteiger charge is -2.08. The molecule has 0 aliphatic carbocycles. The zero-order chi connectivity index (χ0) is 18.5. The van der Waals surface area contributed by atoms with Gasteiger partial charge in [0.2, 0.25) is 0 Å². The van der Waals surface area contributed by atoms with E-state index in [4.69, 9.17) is 16.3 Å². The Labute approximate surface area is 153 Å². The molecule has 1 aromatic heterocycles. The summed E-state index contributed by atoms with van der Waals surface area (Å²) < 4.78 is 6.45. The van der Waals surface area contributed by atoms with Crippen molar-refractivity contribution in [3.8, 4) is 5.69 Å². The SMILES string of the molecule is Cc1ccc(NC(=O)COC(=O)c2cccc(-n3cnnn3)c2)cc1Cl. The van der Waals surface area contributed by atoms with Crippen LogP contribution in [-0.2, 0) is 9.53 Å². The van der Waals surface area contributed by atoms with Crippen LogP contribution in [0.4, 0.5) is 5.69 Å². The van der Waals surface area contributed by atoms with E-state index in [-0.39, 0.29) is 5.56 Å². The molecule has 0 unspecified atom stereocenters. The highest BCUT2D eigenvalue weighted by Gasteiger charge is 2.12. The van der Waals surface area contributed by atoms with Crippen LogP contribution in [0, 0.1) is 6.92 Å². The molecular formula is C17H14ClN5O3. The van der Waals surface area contributed by atoms with Crippen molar-refractivity contribution >= 4 is 29.2 Å². The number of hydrogen-bond acceptors (Lipinski definition) is 6. The summed E-state index contributed by atoms with van der Waals surface area (Å²) in [4.78, 5) is 24.1. The molecule has 0 saturated heterocycles. The number of hydrogen-bond donors (Lipinski definition) is 1. The van der Waals surface area contributed by atoms with Crippen molar-refractivity contribution in [1.29, 1.82) is 0 Å². The molecule has 1 amide bonds. The molecule has 0 saturated carbocycles. The minimum Gasteiger partial charge on any atom is -0.452 e. The molecule has 26 heavy (non-hydrogen) atoms. The van der Waals surface area contributed by atoms with Crippen molar-refractivity contribution in [2.75, 3.05) is 11.9 Å². The number of ether oxygens (including phenoxy) is 1. The summed E-state index contributed by atoms with van der Waals surface area (Å²) in [6.45, 7) is 1.44. The summed E-state index contributed by atoms with van der Waals surface area (Å²) in [6.07, 6.45) is 1.41. The average Bonchev–Trinajstić information content (AvgIpc) is 3.18. The third-order valence-corrected chi connectivity index (χ3v) is 3.89. The molecule has 0 aliphatic heterocycles. The van der Waals surface area contributed by atoms with Gasteiger partial charge in [-0.1, -0.05) is 23.7 Å². The first kappa shape index (κ1) is 17.6. The lowest BCUT2D eigenvalue weighted by atomic mass is 10.2. The first-order valence-corrected chi connectivity index (χ1v) is 7.97. The average molecular weight is 372 g/mol. The van der Waals surface area contributed by atoms with Crippen LogP contribution in [-0.4, -0.2) is 38.7 Å². The lowest BCUT2D eigenvalue weighted by Crippen LogP contribution is -2.21. The van der Waals surface area contributed by atoms with Gasteiger partial charge in [-0.2, -0.15) is 0 Å². The van der Waals surface area contributed by atoms with Gasteiger partial charge in [-0.3, -0.25) is 4.79 Å². The van der Waals surface area contributed by atoms with E-state index in [1.807, 2.05) is 6.92 Å². The zero-order valence-electron chi connectivity index (χ0n) is 13.7. The van der Waals surface area contributed by atoms with E-state index in [2.05, 4.69) is 20.8 Å². The predicted molar refractivity (Wildman–Crippen MR) is 94.3 cm³/mol. The van der Waals surface area contributed by atoms with Crippen molar-refractivity contribution in [2.45, 2.75) is 6.92 Å². The van der Waals surface area contributed by atoms with Crippen LogP contribution >= 0.6 is 11.6 Å². The van der Waals surface area contributed by atoms with E-state index in [0.29, 0.717) is 16.4 Å². The van der Waals surface area contributed by atoms with Gasteiger partial charge in [0, 0.05) is 10.7 Å². The van der Waals surface area contributed by atoms with E-state index >= 15 is 0 Å². The fraction of sp³-hybridized carbons (Fsp3) is 0.118. The van der Waals surface area contributed by atoms with Crippen LogP contribution in [0.2, 0.25) is 5.02 Å². The number of halogens is 1. The van der Waals surface area contributed by atoms with E-state index in [1.54, 1.807) is 42.5 Å². The van der Waals surface area contributed by atoms with Crippen molar-refractivity contribution in [1.82, 2.24) is 20.2 Å². The maximum atomic E-state index is 12.1. The standard InChI is InChI=1S/C17H14ClN5O3/c1-11-5-6-13(8-15(11)18)20-16(24)9-26-17(25)12-3-2-4-14(7-12)23-10-19-21-22-23/h2-8,10H,9H2,1H3,(H,20,24). The Balaban J connectivity index is 1.59. The van der Waals surface area contributed by atoms with Crippen LogP contribution in [0.5, 0.6) is 0 Å². The highest BCUT2D eigenvalue weighted by Crippen LogP contribution is 2.19. The zero-order valence-corrected chi connectivity index (χ0v) is 14.5. The molecule has 0 radical (unpaired) electrons. The van der Waals surface area contributed by atoms with Crippen molar-refractivity contribution in [3.05, 3.63) is 64.9 Å². The van der Waals surface area contributed by atoms with Gasteiger partial charge in [0.15, 0.2) is 6.61 Å². The number of carbonyl (C=O) groups is 2. The minimum absolute atomic E-state index is 0.282. The summed E-state index contributed by atoms with van der Waals surface area (Å²) in [5, 5.41) is 14.0. The number of nitrogens with zero attached hydrogens (tertiary/aromatic N) is 4. The highest BCUT2D eigenvalue weighted by molar-refractivity contribution is 6.31. The molecule has 0 fully saturated rings. The van der Waals surface area contributed by atoms with Crippen LogP contribution in [0.1, 0.15) is 15.9 Å². The molecule has 1 heterocycles. The fourth-order valence-corrected chi connectivity index (χ4v) is 2.32. The van der Waals surface area contributed by atoms with Crippen LogP contribution < -0.4 is 5.32 Å². The number of rotatable bonds is 5. The van der Waals surface area contributed by atoms with Gasteiger partial charge in [0.25, 0.3) is 5.91 Å². The van der Waals surface area contributed by atoms with Gasteiger partial charge < -0.3 is 10.1 Å². The molecule has 1 N–H and O–H groups in total. The number of carbonyl (C=O) groups excluding carboxylic acids is 2. The minimum atomic E-state index is -0.628. The van der Waals surface area contributed by atoms with Crippen LogP contribution in [0.15, 0.2) is 48.8 Å². The van der Waals surface area contributed by atoms with Crippen molar-refractivity contribution < 1.29 is 14.3 Å². The Morgan fingerprint density at radius 1 is 1.23 bits per heavy atom. The normalized spacial score (nSPS) is 10.4. The van der Waals surface area contributed by atoms with E-state index in [0.717, 1.165) is 5.56 Å². The third-order valence-electron chi connectivity index (χ3n) is 3.49. The first-order valence-electron chi connectivity index (χ1n) is 7.59. The molecule has 9 heteroatoms. The summed E-state index contributed by atoms with van der Waals surface area (Å²) >= 11 is 6.01. The predicted octanol–water partition coefficient (Wildman–Crippen LogP) is 2.42. The van der Waals surface area contributed by atoms with E-state index < -0.39 is 18.5 Å². The van der Waals surface area contributed by atoms with Crippen LogP contribution in [0.3, 0.4) is 0 Å². The molecule has 0 bridgehead atoms. The van der Waals surface area contributed by atoms with E-state index in [9.17, 15) is 9.59 Å². The Bertz CT molecular complexity index is 943. The van der Waals surface area contributed by atoms with Gasteiger partial charge in [0.1, 0.15) is 6.33 Å². The second-order valence-corrected chi connectivity index (χ2v) is 5.80. The first-order chi connectivity index (χ1) is 12.5. The Hall–Kier alpha value is -3.26. The number of anilines is 1. The molecule has 8 nitrogen and oxygen atoms in total. The van der Waals surface area contributed by atoms with Gasteiger partial charge in [-0.05, 0) is 53.2 Å². The fourth-order valence-electron chi connectivity index (χ4n) is 2.14. The summed E-state index contributed by atoms with van der Waals surface area (Å²) in [6, 6.07) is 11.7. The maximum absolute atomic E-state index is 12.1. The monoisotopic (exact) mass is 371 g/mol. The highest BCUT2D eigenvalue weighted by atomic mass is 35.5. The molecule has 3 rings (SSSR count). The van der Waals surface area contributed by atoms with Gasteiger partial charge in [-0.15, -0.1) is 5.10 Å². The lowest BCUT2D eigenvalue weighted by molar-refractivity contribution is -0.119. The molecule has 3 aromatic rings. The number of aromatic nitrogens is 4. The molecule has 2 aromatic carbocycles. The molecule has 0 spiro atoms. The van der Waals surface area contributed by atoms with Gasteiger partial charge in [-0.25, -0.2) is 9.48 Å². The molecule has 0 aliphatic rings. The van der Waals surface area contributed by atoms with Crippen molar-refractivity contribution in [3.63, 3.8) is 0 Å².